The van der Waals surface area contributed by atoms with E-state index in [0.29, 0.717) is 43.2 Å². The maximum Gasteiger partial charge on any atom is 0.270 e. The maximum atomic E-state index is 12.8. The molecule has 160 valence electrons. The Morgan fingerprint density at radius 3 is 2.33 bits per heavy atom. The summed E-state index contributed by atoms with van der Waals surface area (Å²) in [6.07, 6.45) is 0. The Morgan fingerprint density at radius 2 is 1.77 bits per heavy atom. The Bertz CT molecular complexity index is 895. The number of amides is 2. The van der Waals surface area contributed by atoms with Gasteiger partial charge in [0.05, 0.1) is 17.1 Å². The van der Waals surface area contributed by atoms with Gasteiger partial charge in [-0.1, -0.05) is 0 Å². The largest absolute Gasteiger partial charge is 0.383 e. The fourth-order valence-electron chi connectivity index (χ4n) is 2.86. The lowest BCUT2D eigenvalue weighted by Gasteiger charge is -2.18. The summed E-state index contributed by atoms with van der Waals surface area (Å²) in [6, 6.07) is 10.6. The standard InChI is InChI=1S/C21H26N4O5/c1-4-24(5-2)21(27)15-6-8-16(9-7-15)23-20(26)18-14-17(25(28)29)10-11-19(18)22-12-13-30-3/h6-11,14,22H,4-5,12-13H2,1-3H3,(H,23,26). The van der Waals surface area contributed by atoms with Crippen molar-refractivity contribution < 1.29 is 19.2 Å². The third kappa shape index (κ3) is 5.77. The minimum Gasteiger partial charge on any atom is -0.383 e. The van der Waals surface area contributed by atoms with Crippen molar-refractivity contribution >= 4 is 28.9 Å². The summed E-state index contributed by atoms with van der Waals surface area (Å²) < 4.78 is 4.98. The highest BCUT2D eigenvalue weighted by atomic mass is 16.6. The van der Waals surface area contributed by atoms with Crippen molar-refractivity contribution in [3.63, 3.8) is 0 Å². The van der Waals surface area contributed by atoms with Crippen LogP contribution >= 0.6 is 0 Å². The number of nitrogens with one attached hydrogen (secondary N) is 2. The van der Waals surface area contributed by atoms with Gasteiger partial charge in [0.15, 0.2) is 0 Å². The van der Waals surface area contributed by atoms with Crippen LogP contribution in [0.3, 0.4) is 0 Å². The number of non-ortho nitro benzene ring substituents is 1. The van der Waals surface area contributed by atoms with Gasteiger partial charge in [-0.2, -0.15) is 0 Å². The monoisotopic (exact) mass is 414 g/mol. The summed E-state index contributed by atoms with van der Waals surface area (Å²) in [4.78, 5) is 37.4. The number of hydrogen-bond donors (Lipinski definition) is 2. The van der Waals surface area contributed by atoms with Crippen LogP contribution in [0.25, 0.3) is 0 Å². The first-order valence-electron chi connectivity index (χ1n) is 9.63. The zero-order chi connectivity index (χ0) is 22.1. The molecule has 0 heterocycles. The van der Waals surface area contributed by atoms with Crippen LogP contribution in [-0.4, -0.2) is 55.0 Å². The predicted molar refractivity (Wildman–Crippen MR) is 115 cm³/mol. The van der Waals surface area contributed by atoms with Crippen molar-refractivity contribution in [1.29, 1.82) is 0 Å². The number of carbonyl (C=O) groups excluding carboxylic acids is 2. The molecule has 0 spiro atoms. The van der Waals surface area contributed by atoms with Gasteiger partial charge in [-0.3, -0.25) is 19.7 Å². The van der Waals surface area contributed by atoms with E-state index in [0.717, 1.165) is 0 Å². The summed E-state index contributed by atoms with van der Waals surface area (Å²) in [6.45, 7) is 5.90. The number of carbonyl (C=O) groups is 2. The number of anilines is 2. The Kier molecular flexibility index (Phi) is 8.30. The van der Waals surface area contributed by atoms with E-state index < -0.39 is 10.8 Å². The van der Waals surface area contributed by atoms with Gasteiger partial charge in [0.2, 0.25) is 0 Å². The molecule has 0 saturated carbocycles. The molecule has 0 atom stereocenters. The average molecular weight is 414 g/mol. The zero-order valence-electron chi connectivity index (χ0n) is 17.3. The van der Waals surface area contributed by atoms with Gasteiger partial charge in [-0.05, 0) is 44.2 Å². The second kappa shape index (κ2) is 10.9. The lowest BCUT2D eigenvalue weighted by atomic mass is 10.1. The topological polar surface area (TPSA) is 114 Å². The molecule has 0 aliphatic rings. The minimum absolute atomic E-state index is 0.0822. The van der Waals surface area contributed by atoms with Crippen molar-refractivity contribution in [2.45, 2.75) is 13.8 Å². The van der Waals surface area contributed by atoms with Crippen molar-refractivity contribution in [3.05, 3.63) is 63.7 Å². The Hall–Kier alpha value is -3.46. The first-order chi connectivity index (χ1) is 14.4. The normalized spacial score (nSPS) is 10.4. The van der Waals surface area contributed by atoms with Crippen molar-refractivity contribution in [3.8, 4) is 0 Å². The molecule has 0 aromatic heterocycles. The third-order valence-electron chi connectivity index (χ3n) is 4.52. The lowest BCUT2D eigenvalue weighted by Crippen LogP contribution is -2.30. The van der Waals surface area contributed by atoms with E-state index in [4.69, 9.17) is 4.74 Å². The second-order valence-corrected chi connectivity index (χ2v) is 6.42. The molecule has 0 bridgehead atoms. The molecule has 2 N–H and O–H groups in total. The van der Waals surface area contributed by atoms with Crippen LogP contribution in [0, 0.1) is 10.1 Å². The first-order valence-corrected chi connectivity index (χ1v) is 9.63. The number of hydrogen-bond acceptors (Lipinski definition) is 6. The first kappa shape index (κ1) is 22.8. The highest BCUT2D eigenvalue weighted by Crippen LogP contribution is 2.23. The van der Waals surface area contributed by atoms with Crippen LogP contribution in [0.15, 0.2) is 42.5 Å². The van der Waals surface area contributed by atoms with Crippen LogP contribution in [0.5, 0.6) is 0 Å². The van der Waals surface area contributed by atoms with Crippen LogP contribution in [0.2, 0.25) is 0 Å². The van der Waals surface area contributed by atoms with Crippen LogP contribution in [0.1, 0.15) is 34.6 Å². The molecule has 9 heteroatoms. The molecular formula is C21H26N4O5. The van der Waals surface area contributed by atoms with Crippen LogP contribution < -0.4 is 10.6 Å². The van der Waals surface area contributed by atoms with Crippen LogP contribution in [-0.2, 0) is 4.74 Å². The van der Waals surface area contributed by atoms with E-state index in [1.165, 1.54) is 18.2 Å². The molecule has 2 aromatic rings. The van der Waals surface area contributed by atoms with E-state index in [1.54, 1.807) is 36.3 Å². The van der Waals surface area contributed by atoms with E-state index in [2.05, 4.69) is 10.6 Å². The van der Waals surface area contributed by atoms with E-state index >= 15 is 0 Å². The van der Waals surface area contributed by atoms with Crippen molar-refractivity contribution in [2.24, 2.45) is 0 Å². The molecule has 30 heavy (non-hydrogen) atoms. The number of methoxy groups -OCH3 is 1. The highest BCUT2D eigenvalue weighted by Gasteiger charge is 2.18. The van der Waals surface area contributed by atoms with Gasteiger partial charge >= 0.3 is 0 Å². The van der Waals surface area contributed by atoms with Gasteiger partial charge < -0.3 is 20.3 Å². The summed E-state index contributed by atoms with van der Waals surface area (Å²) in [5.74, 6) is -0.581. The number of rotatable bonds is 10. The van der Waals surface area contributed by atoms with Gasteiger partial charge in [0.1, 0.15) is 0 Å². The summed E-state index contributed by atoms with van der Waals surface area (Å²) in [7, 11) is 1.56. The molecule has 0 saturated heterocycles. The van der Waals surface area contributed by atoms with E-state index in [1.807, 2.05) is 13.8 Å². The second-order valence-electron chi connectivity index (χ2n) is 6.42. The molecule has 0 aliphatic heterocycles. The molecule has 0 fully saturated rings. The van der Waals surface area contributed by atoms with E-state index in [9.17, 15) is 19.7 Å². The predicted octanol–water partition coefficient (Wildman–Crippen LogP) is 3.39. The molecule has 9 nitrogen and oxygen atoms in total. The van der Waals surface area contributed by atoms with Crippen LogP contribution in [0.4, 0.5) is 17.1 Å². The minimum atomic E-state index is -0.552. The molecular weight excluding hydrogens is 388 g/mol. The highest BCUT2D eigenvalue weighted by molar-refractivity contribution is 6.08. The fraction of sp³-hybridized carbons (Fsp3) is 0.333. The molecule has 2 aromatic carbocycles. The Balaban J connectivity index is 2.20. The Morgan fingerprint density at radius 1 is 1.10 bits per heavy atom. The van der Waals surface area contributed by atoms with Gasteiger partial charge in [0.25, 0.3) is 17.5 Å². The summed E-state index contributed by atoms with van der Waals surface area (Å²) in [5.41, 5.74) is 1.42. The van der Waals surface area contributed by atoms with Crippen molar-refractivity contribution in [2.75, 3.05) is 44.0 Å². The number of nitro groups is 1. The summed E-state index contributed by atoms with van der Waals surface area (Å²) >= 11 is 0. The molecule has 2 rings (SSSR count). The van der Waals surface area contributed by atoms with E-state index in [-0.39, 0.29) is 17.2 Å². The van der Waals surface area contributed by atoms with Gasteiger partial charge in [-0.25, -0.2) is 0 Å². The summed E-state index contributed by atoms with van der Waals surface area (Å²) in [5, 5.41) is 16.9. The lowest BCUT2D eigenvalue weighted by molar-refractivity contribution is -0.384. The quantitative estimate of drug-likeness (QED) is 0.350. The molecule has 2 amide bonds. The maximum absolute atomic E-state index is 12.8. The molecule has 0 radical (unpaired) electrons. The van der Waals surface area contributed by atoms with Gasteiger partial charge in [-0.15, -0.1) is 0 Å². The Labute approximate surface area is 175 Å². The SMILES string of the molecule is CCN(CC)C(=O)c1ccc(NC(=O)c2cc([N+](=O)[O-])ccc2NCCOC)cc1. The smallest absolute Gasteiger partial charge is 0.270 e. The number of nitrogens with zero attached hydrogens (tertiary/aromatic N) is 2. The molecule has 0 unspecified atom stereocenters. The number of nitro benzene ring substituents is 1. The van der Waals surface area contributed by atoms with Gasteiger partial charge in [0, 0.05) is 55.8 Å². The molecule has 0 aliphatic carbocycles. The number of ether oxygens (including phenoxy) is 1. The number of benzene rings is 2. The van der Waals surface area contributed by atoms with Crippen molar-refractivity contribution in [1.82, 2.24) is 4.90 Å². The third-order valence-corrected chi connectivity index (χ3v) is 4.52. The fourth-order valence-corrected chi connectivity index (χ4v) is 2.86. The average Bonchev–Trinajstić information content (AvgIpc) is 2.75. The zero-order valence-corrected chi connectivity index (χ0v) is 17.3.